The lowest BCUT2D eigenvalue weighted by molar-refractivity contribution is -0.129. The molecule has 0 radical (unpaired) electrons. The van der Waals surface area contributed by atoms with Crippen molar-refractivity contribution in [2.24, 2.45) is 5.41 Å². The molecule has 100 valence electrons. The minimum absolute atomic E-state index is 0.130. The van der Waals surface area contributed by atoms with Crippen molar-refractivity contribution >= 4 is 28.8 Å². The van der Waals surface area contributed by atoms with E-state index in [0.29, 0.717) is 5.88 Å². The van der Waals surface area contributed by atoms with Crippen molar-refractivity contribution in [2.45, 2.75) is 25.8 Å². The molecule has 4 nitrogen and oxygen atoms in total. The summed E-state index contributed by atoms with van der Waals surface area (Å²) in [5, 5.41) is 5.82. The highest BCUT2D eigenvalue weighted by Gasteiger charge is 2.39. The van der Waals surface area contributed by atoms with Gasteiger partial charge in [-0.15, -0.1) is 22.9 Å². The van der Waals surface area contributed by atoms with Crippen molar-refractivity contribution in [1.82, 2.24) is 15.2 Å². The smallest absolute Gasteiger partial charge is 0.227 e. The van der Waals surface area contributed by atoms with Crippen molar-refractivity contribution in [3.63, 3.8) is 0 Å². The molecule has 1 aromatic heterocycles. The second-order valence-electron chi connectivity index (χ2n) is 4.97. The van der Waals surface area contributed by atoms with Crippen molar-refractivity contribution in [3.05, 3.63) is 16.1 Å². The first-order valence-electron chi connectivity index (χ1n) is 6.01. The Balaban J connectivity index is 1.95. The van der Waals surface area contributed by atoms with E-state index in [9.17, 15) is 4.79 Å². The van der Waals surface area contributed by atoms with Gasteiger partial charge in [0.05, 0.1) is 23.5 Å². The summed E-state index contributed by atoms with van der Waals surface area (Å²) in [6.45, 7) is 4.58. The van der Waals surface area contributed by atoms with Gasteiger partial charge in [0.2, 0.25) is 5.91 Å². The summed E-state index contributed by atoms with van der Waals surface area (Å²) in [5.74, 6) is 0.595. The molecule has 0 bridgehead atoms. The molecule has 1 amide bonds. The second kappa shape index (κ2) is 5.55. The highest BCUT2D eigenvalue weighted by Crippen LogP contribution is 2.31. The number of rotatable bonds is 4. The number of nitrogens with one attached hydrogen (secondary N) is 1. The molecule has 6 heteroatoms. The Morgan fingerprint density at radius 3 is 3.11 bits per heavy atom. The van der Waals surface area contributed by atoms with Gasteiger partial charge in [0.25, 0.3) is 0 Å². The molecule has 1 N–H and O–H groups in total. The van der Waals surface area contributed by atoms with Crippen LogP contribution in [0.3, 0.4) is 0 Å². The van der Waals surface area contributed by atoms with E-state index < -0.39 is 0 Å². The van der Waals surface area contributed by atoms with Crippen molar-refractivity contribution in [2.75, 3.05) is 20.1 Å². The molecule has 1 saturated heterocycles. The molecule has 1 aliphatic heterocycles. The van der Waals surface area contributed by atoms with Crippen LogP contribution < -0.4 is 5.32 Å². The van der Waals surface area contributed by atoms with Gasteiger partial charge < -0.3 is 5.32 Å². The molecule has 1 aromatic rings. The zero-order chi connectivity index (χ0) is 13.2. The number of aromatic nitrogens is 1. The highest BCUT2D eigenvalue weighted by atomic mass is 35.5. The van der Waals surface area contributed by atoms with Crippen LogP contribution in [0.5, 0.6) is 0 Å². The fraction of sp³-hybridized carbons (Fsp3) is 0.667. The van der Waals surface area contributed by atoms with Gasteiger partial charge in [-0.1, -0.05) is 0 Å². The normalized spacial score (nSPS) is 24.4. The van der Waals surface area contributed by atoms with Crippen LogP contribution in [0.2, 0.25) is 0 Å². The van der Waals surface area contributed by atoms with E-state index in [0.717, 1.165) is 36.8 Å². The Bertz CT molecular complexity index is 437. The molecule has 1 aliphatic rings. The Morgan fingerprint density at radius 1 is 1.72 bits per heavy atom. The highest BCUT2D eigenvalue weighted by molar-refractivity contribution is 7.09. The first-order chi connectivity index (χ1) is 8.57. The largest absolute Gasteiger partial charge is 0.359 e. The maximum Gasteiger partial charge on any atom is 0.227 e. The minimum Gasteiger partial charge on any atom is -0.359 e. The standard InChI is InChI=1S/C12H18ClN3OS/c1-12(11(17)14-2)3-4-16(8-12)6-10-15-9(5-13)7-18-10/h7H,3-6,8H2,1-2H3,(H,14,17). The molecule has 0 saturated carbocycles. The Labute approximate surface area is 116 Å². The average molecular weight is 288 g/mol. The summed E-state index contributed by atoms with van der Waals surface area (Å²) in [6, 6.07) is 0. The van der Waals surface area contributed by atoms with E-state index in [-0.39, 0.29) is 11.3 Å². The molecule has 18 heavy (non-hydrogen) atoms. The van der Waals surface area contributed by atoms with Crippen LogP contribution in [0, 0.1) is 5.41 Å². The number of thiazole rings is 1. The molecule has 0 aliphatic carbocycles. The van der Waals surface area contributed by atoms with Crippen LogP contribution >= 0.6 is 22.9 Å². The Hall–Kier alpha value is -0.650. The van der Waals surface area contributed by atoms with Gasteiger partial charge in [-0.25, -0.2) is 4.98 Å². The van der Waals surface area contributed by atoms with Gasteiger partial charge in [-0.3, -0.25) is 9.69 Å². The number of alkyl halides is 1. The maximum absolute atomic E-state index is 11.8. The molecule has 1 unspecified atom stereocenters. The third-order valence-corrected chi connectivity index (χ3v) is 4.58. The third kappa shape index (κ3) is 2.84. The predicted octanol–water partition coefficient (Wildman–Crippen LogP) is 1.84. The third-order valence-electron chi connectivity index (χ3n) is 3.42. The van der Waals surface area contributed by atoms with Gasteiger partial charge in [0.15, 0.2) is 0 Å². The molecule has 2 heterocycles. The zero-order valence-corrected chi connectivity index (χ0v) is 12.3. The maximum atomic E-state index is 11.8. The van der Waals surface area contributed by atoms with Crippen LogP contribution in [0.4, 0.5) is 0 Å². The van der Waals surface area contributed by atoms with E-state index in [2.05, 4.69) is 15.2 Å². The molecule has 1 fully saturated rings. The second-order valence-corrected chi connectivity index (χ2v) is 6.18. The molecule has 0 aromatic carbocycles. The lowest BCUT2D eigenvalue weighted by Gasteiger charge is -2.22. The van der Waals surface area contributed by atoms with E-state index >= 15 is 0 Å². The van der Waals surface area contributed by atoms with Gasteiger partial charge in [0, 0.05) is 19.0 Å². The first-order valence-corrected chi connectivity index (χ1v) is 7.42. The summed E-state index contributed by atoms with van der Waals surface area (Å²) in [7, 11) is 1.70. The number of likely N-dealkylation sites (tertiary alicyclic amines) is 1. The quantitative estimate of drug-likeness (QED) is 0.860. The number of carbonyl (C=O) groups excluding carboxylic acids is 1. The van der Waals surface area contributed by atoms with E-state index in [1.54, 1.807) is 18.4 Å². The fourth-order valence-electron chi connectivity index (χ4n) is 2.35. The Kier molecular flexibility index (Phi) is 4.25. The molecular weight excluding hydrogens is 270 g/mol. The summed E-state index contributed by atoms with van der Waals surface area (Å²) in [4.78, 5) is 18.5. The van der Waals surface area contributed by atoms with Gasteiger partial charge in [-0.05, 0) is 19.9 Å². The summed E-state index contributed by atoms with van der Waals surface area (Å²) < 4.78 is 0. The zero-order valence-electron chi connectivity index (χ0n) is 10.7. The van der Waals surface area contributed by atoms with Crippen LogP contribution in [-0.4, -0.2) is 35.9 Å². The molecule has 1 atom stereocenters. The fourth-order valence-corrected chi connectivity index (χ4v) is 3.42. The minimum atomic E-state index is -0.263. The summed E-state index contributed by atoms with van der Waals surface area (Å²) in [6.07, 6.45) is 0.903. The Morgan fingerprint density at radius 2 is 2.50 bits per heavy atom. The number of nitrogens with zero attached hydrogens (tertiary/aromatic N) is 2. The predicted molar refractivity (Wildman–Crippen MR) is 73.7 cm³/mol. The number of carbonyl (C=O) groups is 1. The molecule has 2 rings (SSSR count). The van der Waals surface area contributed by atoms with Crippen LogP contribution in [-0.2, 0) is 17.2 Å². The van der Waals surface area contributed by atoms with Crippen LogP contribution in [0.25, 0.3) is 0 Å². The topological polar surface area (TPSA) is 45.2 Å². The molecular formula is C12H18ClN3OS. The van der Waals surface area contributed by atoms with E-state index in [1.165, 1.54) is 0 Å². The van der Waals surface area contributed by atoms with Crippen molar-refractivity contribution in [1.29, 1.82) is 0 Å². The lowest BCUT2D eigenvalue weighted by atomic mass is 9.89. The van der Waals surface area contributed by atoms with Crippen molar-refractivity contribution in [3.8, 4) is 0 Å². The SMILES string of the molecule is CNC(=O)C1(C)CCN(Cc2nc(CCl)cs2)C1. The number of hydrogen-bond acceptors (Lipinski definition) is 4. The van der Waals surface area contributed by atoms with Gasteiger partial charge >= 0.3 is 0 Å². The number of hydrogen-bond donors (Lipinski definition) is 1. The van der Waals surface area contributed by atoms with Gasteiger partial charge in [-0.2, -0.15) is 0 Å². The van der Waals surface area contributed by atoms with Crippen molar-refractivity contribution < 1.29 is 4.79 Å². The van der Waals surface area contributed by atoms with E-state index in [4.69, 9.17) is 11.6 Å². The monoisotopic (exact) mass is 287 g/mol. The summed E-state index contributed by atoms with van der Waals surface area (Å²) >= 11 is 7.38. The number of halogens is 1. The van der Waals surface area contributed by atoms with Crippen LogP contribution in [0.15, 0.2) is 5.38 Å². The lowest BCUT2D eigenvalue weighted by Crippen LogP contribution is -2.39. The molecule has 0 spiro atoms. The van der Waals surface area contributed by atoms with E-state index in [1.807, 2.05) is 12.3 Å². The first kappa shape index (κ1) is 13.8. The number of amides is 1. The van der Waals surface area contributed by atoms with Crippen LogP contribution in [0.1, 0.15) is 24.0 Å². The average Bonchev–Trinajstić information content (AvgIpc) is 2.96. The van der Waals surface area contributed by atoms with Gasteiger partial charge in [0.1, 0.15) is 5.01 Å². The summed E-state index contributed by atoms with van der Waals surface area (Å²) in [5.41, 5.74) is 0.673.